The zero-order valence-corrected chi connectivity index (χ0v) is 14.6. The minimum Gasteiger partial charge on any atom is -0.353 e. The maximum atomic E-state index is 11.8. The highest BCUT2D eigenvalue weighted by molar-refractivity contribution is 5.81. The number of carbonyl (C=O) groups is 1. The van der Waals surface area contributed by atoms with Gasteiger partial charge in [-0.3, -0.25) is 9.69 Å². The van der Waals surface area contributed by atoms with Gasteiger partial charge in [0.25, 0.3) is 0 Å². The number of likely N-dealkylation sites (tertiary alicyclic amines) is 1. The molecule has 3 nitrogen and oxygen atoms in total. The van der Waals surface area contributed by atoms with E-state index >= 15 is 0 Å². The Morgan fingerprint density at radius 2 is 1.70 bits per heavy atom. The summed E-state index contributed by atoms with van der Waals surface area (Å²) in [6.45, 7) is 7.73. The molecule has 0 radical (unpaired) electrons. The zero-order chi connectivity index (χ0) is 16.2. The van der Waals surface area contributed by atoms with Gasteiger partial charge in [-0.2, -0.15) is 0 Å². The van der Waals surface area contributed by atoms with Crippen molar-refractivity contribution in [3.63, 3.8) is 0 Å². The lowest BCUT2D eigenvalue weighted by Crippen LogP contribution is -2.44. The van der Waals surface area contributed by atoms with Gasteiger partial charge in [-0.25, -0.2) is 0 Å². The standard InChI is InChI=1S/C20H30N2O/c1-15(2)13-16-3-5-17(6-4-16)14-22-11-9-19(10-12-22)21-20(23)18-7-8-18/h3-6,15,18-19H,7-14H2,1-2H3,(H,21,23). The second-order valence-corrected chi connectivity index (χ2v) is 7.75. The van der Waals surface area contributed by atoms with Gasteiger partial charge in [-0.05, 0) is 49.1 Å². The van der Waals surface area contributed by atoms with Crippen LogP contribution in [0.25, 0.3) is 0 Å². The number of hydrogen-bond donors (Lipinski definition) is 1. The number of rotatable bonds is 6. The summed E-state index contributed by atoms with van der Waals surface area (Å²) in [6.07, 6.45) is 5.52. The Bertz CT molecular complexity index is 511. The highest BCUT2D eigenvalue weighted by Gasteiger charge is 2.31. The molecule has 126 valence electrons. The molecule has 1 N–H and O–H groups in total. The van der Waals surface area contributed by atoms with Crippen LogP contribution in [-0.2, 0) is 17.8 Å². The molecule has 0 spiro atoms. The Balaban J connectivity index is 1.42. The van der Waals surface area contributed by atoms with Crippen molar-refractivity contribution in [3.8, 4) is 0 Å². The molecular weight excluding hydrogens is 284 g/mol. The van der Waals surface area contributed by atoms with Crippen molar-refractivity contribution in [1.29, 1.82) is 0 Å². The first kappa shape index (κ1) is 16.5. The normalized spacial score (nSPS) is 20.0. The fraction of sp³-hybridized carbons (Fsp3) is 0.650. The molecule has 2 aliphatic rings. The molecular formula is C20H30N2O. The van der Waals surface area contributed by atoms with Crippen LogP contribution in [0.5, 0.6) is 0 Å². The van der Waals surface area contributed by atoms with Crippen molar-refractivity contribution in [1.82, 2.24) is 10.2 Å². The maximum absolute atomic E-state index is 11.8. The molecule has 0 bridgehead atoms. The molecule has 1 aromatic rings. The molecule has 23 heavy (non-hydrogen) atoms. The highest BCUT2D eigenvalue weighted by Crippen LogP contribution is 2.29. The van der Waals surface area contributed by atoms with E-state index in [1.54, 1.807) is 0 Å². The van der Waals surface area contributed by atoms with Crippen LogP contribution >= 0.6 is 0 Å². The first-order valence-corrected chi connectivity index (χ1v) is 9.20. The summed E-state index contributed by atoms with van der Waals surface area (Å²) in [4.78, 5) is 14.3. The Morgan fingerprint density at radius 1 is 1.09 bits per heavy atom. The van der Waals surface area contributed by atoms with Crippen molar-refractivity contribution < 1.29 is 4.79 Å². The first-order chi connectivity index (χ1) is 11.1. The number of hydrogen-bond acceptors (Lipinski definition) is 2. The fourth-order valence-corrected chi connectivity index (χ4v) is 3.41. The number of nitrogens with one attached hydrogen (secondary N) is 1. The number of benzene rings is 1. The quantitative estimate of drug-likeness (QED) is 0.873. The van der Waals surface area contributed by atoms with Crippen LogP contribution in [0.4, 0.5) is 0 Å². The van der Waals surface area contributed by atoms with Crippen LogP contribution in [-0.4, -0.2) is 29.9 Å². The third-order valence-electron chi connectivity index (χ3n) is 4.96. The number of carbonyl (C=O) groups excluding carboxylic acids is 1. The van der Waals surface area contributed by atoms with E-state index in [-0.39, 0.29) is 0 Å². The number of piperidine rings is 1. The predicted molar refractivity (Wildman–Crippen MR) is 94.1 cm³/mol. The highest BCUT2D eigenvalue weighted by atomic mass is 16.2. The third kappa shape index (κ3) is 5.07. The van der Waals surface area contributed by atoms with Crippen molar-refractivity contribution in [2.24, 2.45) is 11.8 Å². The van der Waals surface area contributed by atoms with E-state index in [1.807, 2.05) is 0 Å². The zero-order valence-electron chi connectivity index (χ0n) is 14.6. The Labute approximate surface area is 140 Å². The molecule has 0 aromatic heterocycles. The van der Waals surface area contributed by atoms with Gasteiger partial charge in [0.15, 0.2) is 0 Å². The number of nitrogens with zero attached hydrogens (tertiary/aromatic N) is 1. The lowest BCUT2D eigenvalue weighted by molar-refractivity contribution is -0.123. The molecule has 0 atom stereocenters. The van der Waals surface area contributed by atoms with Gasteiger partial charge >= 0.3 is 0 Å². The lowest BCUT2D eigenvalue weighted by Gasteiger charge is -2.32. The van der Waals surface area contributed by atoms with Gasteiger partial charge in [0.1, 0.15) is 0 Å². The molecule has 1 amide bonds. The maximum Gasteiger partial charge on any atom is 0.223 e. The van der Waals surface area contributed by atoms with Crippen LogP contribution in [0.2, 0.25) is 0 Å². The Kier molecular flexibility index (Phi) is 5.37. The molecule has 1 heterocycles. The molecule has 1 saturated heterocycles. The fourth-order valence-electron chi connectivity index (χ4n) is 3.41. The van der Waals surface area contributed by atoms with Crippen molar-refractivity contribution in [2.45, 2.75) is 58.5 Å². The van der Waals surface area contributed by atoms with E-state index in [2.05, 4.69) is 48.3 Å². The van der Waals surface area contributed by atoms with Crippen molar-refractivity contribution in [2.75, 3.05) is 13.1 Å². The van der Waals surface area contributed by atoms with E-state index in [0.717, 1.165) is 51.7 Å². The molecule has 1 aliphatic heterocycles. The van der Waals surface area contributed by atoms with Crippen LogP contribution in [0, 0.1) is 11.8 Å². The molecule has 1 saturated carbocycles. The van der Waals surface area contributed by atoms with Crippen LogP contribution < -0.4 is 5.32 Å². The molecule has 2 fully saturated rings. The molecule has 1 aliphatic carbocycles. The Hall–Kier alpha value is -1.35. The summed E-state index contributed by atoms with van der Waals surface area (Å²) in [5.41, 5.74) is 2.84. The van der Waals surface area contributed by atoms with E-state index in [0.29, 0.717) is 23.8 Å². The molecule has 3 heteroatoms. The summed E-state index contributed by atoms with van der Waals surface area (Å²) in [5.74, 6) is 1.34. The summed E-state index contributed by atoms with van der Waals surface area (Å²) in [6, 6.07) is 9.50. The van der Waals surface area contributed by atoms with E-state index < -0.39 is 0 Å². The summed E-state index contributed by atoms with van der Waals surface area (Å²) >= 11 is 0. The molecule has 1 aromatic carbocycles. The smallest absolute Gasteiger partial charge is 0.223 e. The summed E-state index contributed by atoms with van der Waals surface area (Å²) in [5, 5.41) is 3.23. The second-order valence-electron chi connectivity index (χ2n) is 7.75. The largest absolute Gasteiger partial charge is 0.353 e. The van der Waals surface area contributed by atoms with Crippen LogP contribution in [0.3, 0.4) is 0 Å². The Morgan fingerprint density at radius 3 is 2.26 bits per heavy atom. The van der Waals surface area contributed by atoms with Gasteiger partial charge in [0.2, 0.25) is 5.91 Å². The van der Waals surface area contributed by atoms with Gasteiger partial charge in [0.05, 0.1) is 0 Å². The minimum absolute atomic E-state index is 0.296. The first-order valence-electron chi connectivity index (χ1n) is 9.20. The second kappa shape index (κ2) is 7.48. The van der Waals surface area contributed by atoms with Crippen molar-refractivity contribution >= 4 is 5.91 Å². The van der Waals surface area contributed by atoms with Gasteiger partial charge in [-0.15, -0.1) is 0 Å². The predicted octanol–water partition coefficient (Wildman–Crippen LogP) is 3.38. The third-order valence-corrected chi connectivity index (χ3v) is 4.96. The van der Waals surface area contributed by atoms with Gasteiger partial charge in [-0.1, -0.05) is 38.1 Å². The average molecular weight is 314 g/mol. The topological polar surface area (TPSA) is 32.3 Å². The van der Waals surface area contributed by atoms with Gasteiger partial charge in [0, 0.05) is 31.6 Å². The van der Waals surface area contributed by atoms with E-state index in [4.69, 9.17) is 0 Å². The van der Waals surface area contributed by atoms with Crippen molar-refractivity contribution in [3.05, 3.63) is 35.4 Å². The lowest BCUT2D eigenvalue weighted by atomic mass is 10.0. The van der Waals surface area contributed by atoms with E-state index in [9.17, 15) is 4.79 Å². The molecule has 0 unspecified atom stereocenters. The monoisotopic (exact) mass is 314 g/mol. The SMILES string of the molecule is CC(C)Cc1ccc(CN2CCC(NC(=O)C3CC3)CC2)cc1. The summed E-state index contributed by atoms with van der Waals surface area (Å²) in [7, 11) is 0. The molecule has 3 rings (SSSR count). The van der Waals surface area contributed by atoms with Crippen LogP contribution in [0.1, 0.15) is 50.7 Å². The number of amides is 1. The minimum atomic E-state index is 0.296. The van der Waals surface area contributed by atoms with Gasteiger partial charge < -0.3 is 5.32 Å². The van der Waals surface area contributed by atoms with E-state index in [1.165, 1.54) is 11.1 Å². The van der Waals surface area contributed by atoms with Crippen LogP contribution in [0.15, 0.2) is 24.3 Å². The average Bonchev–Trinajstić information content (AvgIpc) is 3.35. The summed E-state index contributed by atoms with van der Waals surface area (Å²) < 4.78 is 0.